The van der Waals surface area contributed by atoms with E-state index in [0.717, 1.165) is 57.4 Å². The fraction of sp³-hybridized carbons (Fsp3) is 0.483. The van der Waals surface area contributed by atoms with Crippen LogP contribution in [0.1, 0.15) is 60.1 Å². The average Bonchev–Trinajstić information content (AvgIpc) is 3.40. The minimum Gasteiger partial charge on any atom is -0.508 e. The number of halogens is 1. The van der Waals surface area contributed by atoms with Crippen molar-refractivity contribution in [1.82, 2.24) is 20.1 Å². The Morgan fingerprint density at radius 2 is 1.89 bits per heavy atom. The lowest BCUT2D eigenvalue weighted by Crippen LogP contribution is -2.60. The highest BCUT2D eigenvalue weighted by Gasteiger charge is 2.47. The zero-order valence-corrected chi connectivity index (χ0v) is 21.9. The van der Waals surface area contributed by atoms with E-state index in [1.807, 2.05) is 17.0 Å². The van der Waals surface area contributed by atoms with Crippen molar-refractivity contribution in [3.63, 3.8) is 0 Å². The SMILES string of the molecule is O=C(/C=C/c1ccc(O)cc1Cl)NC1CCC2(CC1)CN(C(=O)c1ccc(CCN3CCCC3)nc1)C2. The van der Waals surface area contributed by atoms with Crippen LogP contribution in [0.15, 0.2) is 42.6 Å². The first-order chi connectivity index (χ1) is 17.9. The third-order valence-electron chi connectivity index (χ3n) is 8.09. The van der Waals surface area contributed by atoms with Gasteiger partial charge in [-0.25, -0.2) is 0 Å². The van der Waals surface area contributed by atoms with Gasteiger partial charge in [0.05, 0.1) is 10.6 Å². The predicted octanol–water partition coefficient (Wildman–Crippen LogP) is 4.29. The number of benzene rings is 1. The molecule has 8 heteroatoms. The second-order valence-corrected chi connectivity index (χ2v) is 11.2. The Kier molecular flexibility index (Phi) is 7.81. The van der Waals surface area contributed by atoms with Crippen LogP contribution in [0.25, 0.3) is 6.08 Å². The van der Waals surface area contributed by atoms with Gasteiger partial charge in [-0.2, -0.15) is 0 Å². The number of phenols is 1. The molecule has 196 valence electrons. The number of likely N-dealkylation sites (tertiary alicyclic amines) is 2. The summed E-state index contributed by atoms with van der Waals surface area (Å²) in [7, 11) is 0. The van der Waals surface area contributed by atoms with Crippen LogP contribution in [0.2, 0.25) is 5.02 Å². The van der Waals surface area contributed by atoms with Crippen molar-refractivity contribution < 1.29 is 14.7 Å². The van der Waals surface area contributed by atoms with Crippen molar-refractivity contribution in [1.29, 1.82) is 0 Å². The van der Waals surface area contributed by atoms with Crippen molar-refractivity contribution in [3.05, 3.63) is 64.4 Å². The van der Waals surface area contributed by atoms with E-state index in [1.165, 1.54) is 38.1 Å². The number of carbonyl (C=O) groups excluding carboxylic acids is 2. The van der Waals surface area contributed by atoms with Crippen LogP contribution in [0.5, 0.6) is 5.75 Å². The first kappa shape index (κ1) is 25.7. The van der Waals surface area contributed by atoms with Gasteiger partial charge in [-0.15, -0.1) is 0 Å². The number of nitrogens with one attached hydrogen (secondary N) is 1. The Morgan fingerprint density at radius 3 is 2.57 bits per heavy atom. The molecule has 0 bridgehead atoms. The molecular weight excluding hydrogens is 488 g/mol. The molecule has 2 aliphatic heterocycles. The number of aromatic hydroxyl groups is 1. The first-order valence-corrected chi connectivity index (χ1v) is 13.7. The molecule has 1 spiro atoms. The molecule has 0 radical (unpaired) electrons. The molecule has 0 atom stereocenters. The Bertz CT molecular complexity index is 1140. The Labute approximate surface area is 223 Å². The molecule has 7 nitrogen and oxygen atoms in total. The van der Waals surface area contributed by atoms with Crippen molar-refractivity contribution in [2.75, 3.05) is 32.7 Å². The van der Waals surface area contributed by atoms with Crippen LogP contribution in [0.4, 0.5) is 0 Å². The largest absolute Gasteiger partial charge is 0.508 e. The van der Waals surface area contributed by atoms with Gasteiger partial charge in [-0.1, -0.05) is 11.6 Å². The second kappa shape index (κ2) is 11.2. The van der Waals surface area contributed by atoms with Crippen LogP contribution in [0, 0.1) is 5.41 Å². The second-order valence-electron chi connectivity index (χ2n) is 10.8. The predicted molar refractivity (Wildman–Crippen MR) is 145 cm³/mol. The van der Waals surface area contributed by atoms with Gasteiger partial charge in [0.2, 0.25) is 5.91 Å². The highest BCUT2D eigenvalue weighted by molar-refractivity contribution is 6.32. The molecular formula is C29H35ClN4O3. The molecule has 1 saturated carbocycles. The number of pyridine rings is 1. The summed E-state index contributed by atoms with van der Waals surface area (Å²) in [5, 5.41) is 12.9. The zero-order valence-electron chi connectivity index (χ0n) is 21.2. The van der Waals surface area contributed by atoms with E-state index in [9.17, 15) is 14.7 Å². The Hall–Kier alpha value is -2.90. The summed E-state index contributed by atoms with van der Waals surface area (Å²) in [5.41, 5.74) is 2.57. The number of nitrogens with zero attached hydrogens (tertiary/aromatic N) is 3. The lowest BCUT2D eigenvalue weighted by molar-refractivity contribution is -0.117. The van der Waals surface area contributed by atoms with Gasteiger partial charge in [0.1, 0.15) is 5.75 Å². The number of hydrogen-bond acceptors (Lipinski definition) is 5. The molecule has 3 heterocycles. The molecule has 1 aromatic heterocycles. The van der Waals surface area contributed by atoms with Crippen molar-refractivity contribution in [3.8, 4) is 5.75 Å². The maximum atomic E-state index is 13.0. The standard InChI is InChI=1S/C29H35ClN4O3/c30-26-17-25(35)7-4-21(26)5-8-27(36)32-24-9-12-29(13-10-24)19-34(20-29)28(37)22-3-6-23(31-18-22)11-16-33-14-1-2-15-33/h3-8,17-18,24,35H,1-2,9-16,19-20H2,(H,32,36)/b8-5+. The van der Waals surface area contributed by atoms with Crippen molar-refractivity contribution in [2.24, 2.45) is 5.41 Å². The van der Waals surface area contributed by atoms with E-state index >= 15 is 0 Å². The highest BCUT2D eigenvalue weighted by Crippen LogP contribution is 2.44. The van der Waals surface area contributed by atoms with E-state index in [0.29, 0.717) is 16.1 Å². The van der Waals surface area contributed by atoms with E-state index in [1.54, 1.807) is 24.4 Å². The van der Waals surface area contributed by atoms with Gasteiger partial charge in [0.15, 0.2) is 0 Å². The van der Waals surface area contributed by atoms with E-state index in [4.69, 9.17) is 11.6 Å². The van der Waals surface area contributed by atoms with Crippen molar-refractivity contribution in [2.45, 2.75) is 51.0 Å². The summed E-state index contributed by atoms with van der Waals surface area (Å²) in [6, 6.07) is 8.73. The molecule has 37 heavy (non-hydrogen) atoms. The number of hydrogen-bond donors (Lipinski definition) is 2. The summed E-state index contributed by atoms with van der Waals surface area (Å²) < 4.78 is 0. The fourth-order valence-electron chi connectivity index (χ4n) is 5.82. The van der Waals surface area contributed by atoms with Crippen LogP contribution >= 0.6 is 11.6 Å². The number of carbonyl (C=O) groups is 2. The molecule has 0 unspecified atom stereocenters. The molecule has 5 rings (SSSR count). The Morgan fingerprint density at radius 1 is 1.14 bits per heavy atom. The Balaban J connectivity index is 1.04. The molecule has 3 aliphatic rings. The van der Waals surface area contributed by atoms with Crippen LogP contribution < -0.4 is 5.32 Å². The molecule has 1 aliphatic carbocycles. The lowest BCUT2D eigenvalue weighted by atomic mass is 9.67. The maximum absolute atomic E-state index is 13.0. The van der Waals surface area contributed by atoms with E-state index in [2.05, 4.69) is 15.2 Å². The molecule has 2 aromatic rings. The zero-order chi connectivity index (χ0) is 25.8. The normalized spacial score (nSPS) is 19.9. The molecule has 2 N–H and O–H groups in total. The fourth-order valence-corrected chi connectivity index (χ4v) is 6.06. The van der Waals surface area contributed by atoms with Gasteiger partial charge in [0.25, 0.3) is 5.91 Å². The van der Waals surface area contributed by atoms with Gasteiger partial charge < -0.3 is 20.2 Å². The summed E-state index contributed by atoms with van der Waals surface area (Å²) in [6.45, 7) is 4.98. The van der Waals surface area contributed by atoms with Crippen LogP contribution in [0.3, 0.4) is 0 Å². The lowest BCUT2D eigenvalue weighted by Gasteiger charge is -2.53. The smallest absolute Gasteiger partial charge is 0.255 e. The number of aromatic nitrogens is 1. The van der Waals surface area contributed by atoms with Gasteiger partial charge in [-0.05, 0) is 93.6 Å². The highest BCUT2D eigenvalue weighted by atomic mass is 35.5. The molecule has 2 saturated heterocycles. The quantitative estimate of drug-likeness (QED) is 0.530. The van der Waals surface area contributed by atoms with Crippen LogP contribution in [-0.4, -0.2) is 70.5 Å². The van der Waals surface area contributed by atoms with E-state index < -0.39 is 0 Å². The number of rotatable bonds is 7. The molecule has 2 amide bonds. The monoisotopic (exact) mass is 522 g/mol. The van der Waals surface area contributed by atoms with Gasteiger partial charge in [-0.3, -0.25) is 14.6 Å². The van der Waals surface area contributed by atoms with Crippen molar-refractivity contribution >= 4 is 29.5 Å². The summed E-state index contributed by atoms with van der Waals surface area (Å²) in [5.74, 6) is 0.0152. The molecule has 3 fully saturated rings. The number of phenolic OH excluding ortho intramolecular Hbond substituents is 1. The van der Waals surface area contributed by atoms with E-state index in [-0.39, 0.29) is 29.0 Å². The summed E-state index contributed by atoms with van der Waals surface area (Å²) >= 11 is 6.10. The summed E-state index contributed by atoms with van der Waals surface area (Å²) in [6.07, 6.45) is 12.2. The topological polar surface area (TPSA) is 85.8 Å². The van der Waals surface area contributed by atoms with Gasteiger partial charge >= 0.3 is 0 Å². The van der Waals surface area contributed by atoms with Gasteiger partial charge in [0, 0.05) is 55.5 Å². The summed E-state index contributed by atoms with van der Waals surface area (Å²) in [4.78, 5) is 34.3. The average molecular weight is 523 g/mol. The number of amides is 2. The minimum atomic E-state index is -0.146. The first-order valence-electron chi connectivity index (χ1n) is 13.3. The third-order valence-corrected chi connectivity index (χ3v) is 8.41. The third kappa shape index (κ3) is 6.33. The minimum absolute atomic E-state index is 0.0673. The van der Waals surface area contributed by atoms with Crippen LogP contribution in [-0.2, 0) is 11.2 Å². The maximum Gasteiger partial charge on any atom is 0.255 e. The molecule has 1 aromatic carbocycles.